The summed E-state index contributed by atoms with van der Waals surface area (Å²) in [6.45, 7) is 3.40. The second-order valence-corrected chi connectivity index (χ2v) is 5.91. The molecular formula is C15H21NO3. The lowest BCUT2D eigenvalue weighted by Gasteiger charge is -2.14. The predicted octanol–water partition coefficient (Wildman–Crippen LogP) is 1.93. The number of carbonyl (C=O) groups excluding carboxylic acids is 1. The van der Waals surface area contributed by atoms with E-state index in [2.05, 4.69) is 6.92 Å². The average molecular weight is 263 g/mol. The Hall–Kier alpha value is -1.29. The van der Waals surface area contributed by atoms with E-state index in [1.807, 2.05) is 12.1 Å². The van der Waals surface area contributed by atoms with Crippen molar-refractivity contribution in [3.63, 3.8) is 0 Å². The Morgan fingerprint density at radius 1 is 1.53 bits per heavy atom. The molecule has 1 saturated carbocycles. The van der Waals surface area contributed by atoms with E-state index in [9.17, 15) is 9.90 Å². The maximum atomic E-state index is 11.9. The fourth-order valence-corrected chi connectivity index (χ4v) is 2.80. The highest BCUT2D eigenvalue weighted by atomic mass is 16.3. The molecule has 4 nitrogen and oxygen atoms in total. The number of nitrogens with zero attached hydrogens (tertiary/aromatic N) is 1. The van der Waals surface area contributed by atoms with E-state index < -0.39 is 0 Å². The van der Waals surface area contributed by atoms with E-state index in [1.54, 1.807) is 4.90 Å². The number of hydrogen-bond acceptors (Lipinski definition) is 3. The lowest BCUT2D eigenvalue weighted by Crippen LogP contribution is -2.29. The number of aryl methyl sites for hydroxylation is 1. The molecule has 1 aliphatic carbocycles. The standard InChI is InChI=1S/C15H21NO3/c1-10-8-13(10)14-4-2-12(19-14)3-5-15(18)16-7-6-11(17)9-16/h2,4,10-11,13,17H,3,5-9H2,1H3. The zero-order valence-electron chi connectivity index (χ0n) is 11.3. The van der Waals surface area contributed by atoms with Crippen LogP contribution in [0.3, 0.4) is 0 Å². The average Bonchev–Trinajstić information content (AvgIpc) is 2.84. The Labute approximate surface area is 113 Å². The number of hydrogen-bond donors (Lipinski definition) is 1. The molecule has 2 fully saturated rings. The van der Waals surface area contributed by atoms with Gasteiger partial charge >= 0.3 is 0 Å². The van der Waals surface area contributed by atoms with Crippen molar-refractivity contribution in [1.82, 2.24) is 4.90 Å². The number of carbonyl (C=O) groups is 1. The molecule has 1 saturated heterocycles. The topological polar surface area (TPSA) is 53.7 Å². The first kappa shape index (κ1) is 12.7. The van der Waals surface area contributed by atoms with E-state index in [-0.39, 0.29) is 12.0 Å². The molecule has 4 heteroatoms. The minimum absolute atomic E-state index is 0.120. The minimum atomic E-state index is -0.337. The van der Waals surface area contributed by atoms with Crippen molar-refractivity contribution in [3.05, 3.63) is 23.7 Å². The van der Waals surface area contributed by atoms with Crippen molar-refractivity contribution in [2.24, 2.45) is 5.92 Å². The van der Waals surface area contributed by atoms with E-state index in [0.717, 1.165) is 17.4 Å². The Bertz CT molecular complexity index is 468. The summed E-state index contributed by atoms with van der Waals surface area (Å²) in [5, 5.41) is 9.42. The van der Waals surface area contributed by atoms with Crippen molar-refractivity contribution in [3.8, 4) is 0 Å². The third-order valence-electron chi connectivity index (χ3n) is 4.26. The summed E-state index contributed by atoms with van der Waals surface area (Å²) in [7, 11) is 0. The van der Waals surface area contributed by atoms with Gasteiger partial charge in [0.05, 0.1) is 6.10 Å². The van der Waals surface area contributed by atoms with Crippen molar-refractivity contribution >= 4 is 5.91 Å². The van der Waals surface area contributed by atoms with Gasteiger partial charge in [0, 0.05) is 31.8 Å². The van der Waals surface area contributed by atoms with Crippen LogP contribution < -0.4 is 0 Å². The third kappa shape index (κ3) is 2.84. The van der Waals surface area contributed by atoms with Gasteiger partial charge in [-0.3, -0.25) is 4.79 Å². The molecule has 0 aromatic carbocycles. The molecule has 1 aliphatic heterocycles. The van der Waals surface area contributed by atoms with Gasteiger partial charge in [-0.25, -0.2) is 0 Å². The lowest BCUT2D eigenvalue weighted by molar-refractivity contribution is -0.130. The third-order valence-corrected chi connectivity index (χ3v) is 4.26. The molecule has 1 N–H and O–H groups in total. The smallest absolute Gasteiger partial charge is 0.223 e. The van der Waals surface area contributed by atoms with Crippen LogP contribution in [0.15, 0.2) is 16.5 Å². The molecule has 0 spiro atoms. The summed E-state index contributed by atoms with van der Waals surface area (Å²) in [6.07, 6.45) is 2.72. The number of β-amino-alcohol motifs (C(OH)–C–C–N with tert-alkyl or cyclic N) is 1. The van der Waals surface area contributed by atoms with Crippen LogP contribution in [-0.2, 0) is 11.2 Å². The molecule has 3 rings (SSSR count). The highest BCUT2D eigenvalue weighted by Gasteiger charge is 2.36. The number of aliphatic hydroxyl groups excluding tert-OH is 1. The number of furan rings is 1. The fourth-order valence-electron chi connectivity index (χ4n) is 2.80. The van der Waals surface area contributed by atoms with Gasteiger partial charge in [-0.15, -0.1) is 0 Å². The highest BCUT2D eigenvalue weighted by molar-refractivity contribution is 5.76. The summed E-state index contributed by atoms with van der Waals surface area (Å²) in [5.41, 5.74) is 0. The van der Waals surface area contributed by atoms with Crippen LogP contribution in [0.25, 0.3) is 0 Å². The van der Waals surface area contributed by atoms with Crippen LogP contribution >= 0.6 is 0 Å². The molecular weight excluding hydrogens is 242 g/mol. The van der Waals surface area contributed by atoms with Gasteiger partial charge in [-0.2, -0.15) is 0 Å². The maximum Gasteiger partial charge on any atom is 0.223 e. The van der Waals surface area contributed by atoms with Crippen LogP contribution in [0.4, 0.5) is 0 Å². The summed E-state index contributed by atoms with van der Waals surface area (Å²) in [6, 6.07) is 4.04. The van der Waals surface area contributed by atoms with Gasteiger partial charge in [0.2, 0.25) is 5.91 Å². The zero-order valence-corrected chi connectivity index (χ0v) is 11.3. The second kappa shape index (κ2) is 5.00. The molecule has 2 aliphatic rings. The number of aliphatic hydroxyl groups is 1. The molecule has 1 amide bonds. The van der Waals surface area contributed by atoms with Crippen LogP contribution in [0.1, 0.15) is 43.6 Å². The van der Waals surface area contributed by atoms with Crippen LogP contribution in [0, 0.1) is 5.92 Å². The summed E-state index contributed by atoms with van der Waals surface area (Å²) in [5.74, 6) is 3.44. The lowest BCUT2D eigenvalue weighted by atomic mass is 10.2. The van der Waals surface area contributed by atoms with Crippen molar-refractivity contribution in [2.45, 2.75) is 44.6 Å². The Kier molecular flexibility index (Phi) is 3.35. The molecule has 104 valence electrons. The molecule has 3 atom stereocenters. The van der Waals surface area contributed by atoms with Gasteiger partial charge in [-0.05, 0) is 30.9 Å². The van der Waals surface area contributed by atoms with Gasteiger partial charge in [0.25, 0.3) is 0 Å². The van der Waals surface area contributed by atoms with Crippen LogP contribution in [-0.4, -0.2) is 35.1 Å². The normalized spacial score (nSPS) is 29.8. The van der Waals surface area contributed by atoms with Crippen LogP contribution in [0.5, 0.6) is 0 Å². The first-order valence-corrected chi connectivity index (χ1v) is 7.18. The molecule has 3 unspecified atom stereocenters. The Morgan fingerprint density at radius 2 is 2.32 bits per heavy atom. The van der Waals surface area contributed by atoms with E-state index in [4.69, 9.17) is 4.42 Å². The first-order chi connectivity index (χ1) is 9.13. The van der Waals surface area contributed by atoms with Crippen molar-refractivity contribution in [1.29, 1.82) is 0 Å². The molecule has 1 aromatic rings. The van der Waals surface area contributed by atoms with Crippen LogP contribution in [0.2, 0.25) is 0 Å². The minimum Gasteiger partial charge on any atom is -0.466 e. The quantitative estimate of drug-likeness (QED) is 0.903. The summed E-state index contributed by atoms with van der Waals surface area (Å²) >= 11 is 0. The van der Waals surface area contributed by atoms with Crippen molar-refractivity contribution in [2.75, 3.05) is 13.1 Å². The van der Waals surface area contributed by atoms with E-state index in [0.29, 0.717) is 38.3 Å². The molecule has 0 bridgehead atoms. The number of amides is 1. The predicted molar refractivity (Wildman–Crippen MR) is 70.8 cm³/mol. The Balaban J connectivity index is 1.49. The fraction of sp³-hybridized carbons (Fsp3) is 0.667. The summed E-state index contributed by atoms with van der Waals surface area (Å²) in [4.78, 5) is 13.7. The second-order valence-electron chi connectivity index (χ2n) is 5.91. The van der Waals surface area contributed by atoms with Gasteiger partial charge in [0.1, 0.15) is 11.5 Å². The van der Waals surface area contributed by atoms with Gasteiger partial charge in [-0.1, -0.05) is 6.92 Å². The first-order valence-electron chi connectivity index (χ1n) is 7.18. The number of likely N-dealkylation sites (tertiary alicyclic amines) is 1. The Morgan fingerprint density at radius 3 is 2.95 bits per heavy atom. The molecule has 19 heavy (non-hydrogen) atoms. The summed E-state index contributed by atoms with van der Waals surface area (Å²) < 4.78 is 5.79. The van der Waals surface area contributed by atoms with Crippen molar-refractivity contribution < 1.29 is 14.3 Å². The van der Waals surface area contributed by atoms with E-state index in [1.165, 1.54) is 6.42 Å². The largest absolute Gasteiger partial charge is 0.466 e. The monoisotopic (exact) mass is 263 g/mol. The SMILES string of the molecule is CC1CC1c1ccc(CCC(=O)N2CCC(O)C2)o1. The highest BCUT2D eigenvalue weighted by Crippen LogP contribution is 2.47. The molecule has 2 heterocycles. The molecule has 0 radical (unpaired) electrons. The van der Waals surface area contributed by atoms with Gasteiger partial charge in [0.15, 0.2) is 0 Å². The van der Waals surface area contributed by atoms with E-state index >= 15 is 0 Å². The van der Waals surface area contributed by atoms with Gasteiger partial charge < -0.3 is 14.4 Å². The maximum absolute atomic E-state index is 11.9. The zero-order chi connectivity index (χ0) is 13.4. The number of rotatable bonds is 4. The molecule has 1 aromatic heterocycles.